The zero-order chi connectivity index (χ0) is 17.7. The van der Waals surface area contributed by atoms with E-state index in [-0.39, 0.29) is 0 Å². The molecule has 0 heterocycles. The minimum Gasteiger partial charge on any atom is -0.389 e. The maximum atomic E-state index is 9.24. The molecule has 3 N–H and O–H groups in total. The number of aliphatic hydroxyl groups excluding tert-OH is 1. The van der Waals surface area contributed by atoms with Crippen molar-refractivity contribution in [1.29, 1.82) is 0 Å². The molecule has 0 aromatic heterocycles. The highest BCUT2D eigenvalue weighted by Crippen LogP contribution is 2.13. The second kappa shape index (κ2) is 20.9. The summed E-state index contributed by atoms with van der Waals surface area (Å²) in [7, 11) is 0. The predicted molar refractivity (Wildman–Crippen MR) is 105 cm³/mol. The van der Waals surface area contributed by atoms with Crippen molar-refractivity contribution in [2.75, 3.05) is 19.8 Å². The van der Waals surface area contributed by atoms with Gasteiger partial charge in [0.25, 0.3) is 0 Å². The van der Waals surface area contributed by atoms with Crippen LogP contribution < -0.4 is 5.73 Å². The lowest BCUT2D eigenvalue weighted by molar-refractivity contribution is 0.0396. The van der Waals surface area contributed by atoms with Gasteiger partial charge in [0.15, 0.2) is 0 Å². The van der Waals surface area contributed by atoms with Crippen LogP contribution in [-0.4, -0.2) is 31.0 Å². The number of nitrogens with two attached hydrogens (primary N) is 1. The van der Waals surface area contributed by atoms with E-state index in [9.17, 15) is 5.11 Å². The standard InChI is InChI=1S/C21H45NO2/c1-2-3-4-5-6-7-8-9-10-11-12-13-14-15-16-17-18-24-20-21(23)19-22/h21,23H,2-20,22H2,1H3. The molecule has 0 rings (SSSR count). The summed E-state index contributed by atoms with van der Waals surface area (Å²) in [6.45, 7) is 3.72. The Labute approximate surface area is 151 Å². The Morgan fingerprint density at radius 3 is 1.42 bits per heavy atom. The van der Waals surface area contributed by atoms with E-state index in [2.05, 4.69) is 6.92 Å². The maximum absolute atomic E-state index is 9.24. The molecule has 24 heavy (non-hydrogen) atoms. The largest absolute Gasteiger partial charge is 0.389 e. The maximum Gasteiger partial charge on any atom is 0.0895 e. The Kier molecular flexibility index (Phi) is 20.8. The van der Waals surface area contributed by atoms with Crippen molar-refractivity contribution in [3.05, 3.63) is 0 Å². The van der Waals surface area contributed by atoms with E-state index in [1.165, 1.54) is 96.3 Å². The van der Waals surface area contributed by atoms with Crippen LogP contribution in [-0.2, 0) is 4.74 Å². The summed E-state index contributed by atoms with van der Waals surface area (Å²) < 4.78 is 5.38. The summed E-state index contributed by atoms with van der Waals surface area (Å²) in [6.07, 6.45) is 21.7. The van der Waals surface area contributed by atoms with Crippen molar-refractivity contribution in [3.8, 4) is 0 Å². The lowest BCUT2D eigenvalue weighted by atomic mass is 10.0. The molecule has 0 bridgehead atoms. The van der Waals surface area contributed by atoms with Crippen LogP contribution in [0.5, 0.6) is 0 Å². The first kappa shape index (κ1) is 23.9. The third kappa shape index (κ3) is 19.9. The van der Waals surface area contributed by atoms with Crippen LogP contribution in [0, 0.1) is 0 Å². The lowest BCUT2D eigenvalue weighted by Crippen LogP contribution is -2.25. The fraction of sp³-hybridized carbons (Fsp3) is 1.00. The predicted octanol–water partition coefficient (Wildman–Crippen LogP) is 5.58. The third-order valence-corrected chi connectivity index (χ3v) is 4.72. The molecule has 1 unspecified atom stereocenters. The van der Waals surface area contributed by atoms with E-state index in [0.29, 0.717) is 13.2 Å². The van der Waals surface area contributed by atoms with Crippen LogP contribution in [0.2, 0.25) is 0 Å². The molecular weight excluding hydrogens is 298 g/mol. The number of ether oxygens (including phenoxy) is 1. The van der Waals surface area contributed by atoms with Crippen molar-refractivity contribution in [2.24, 2.45) is 5.73 Å². The minimum absolute atomic E-state index is 0.291. The van der Waals surface area contributed by atoms with Gasteiger partial charge in [0.1, 0.15) is 0 Å². The fourth-order valence-electron chi connectivity index (χ4n) is 3.04. The summed E-state index contributed by atoms with van der Waals surface area (Å²) >= 11 is 0. The molecule has 0 aliphatic carbocycles. The topological polar surface area (TPSA) is 55.5 Å². The number of rotatable bonds is 20. The van der Waals surface area contributed by atoms with Crippen LogP contribution in [0.25, 0.3) is 0 Å². The average molecular weight is 344 g/mol. The van der Waals surface area contributed by atoms with Gasteiger partial charge in [0.2, 0.25) is 0 Å². The Balaban J connectivity index is 2.98. The normalized spacial score (nSPS) is 12.6. The molecule has 0 radical (unpaired) electrons. The molecule has 3 heteroatoms. The fourth-order valence-corrected chi connectivity index (χ4v) is 3.04. The van der Waals surface area contributed by atoms with E-state index in [4.69, 9.17) is 10.5 Å². The SMILES string of the molecule is CCCCCCCCCCCCCCCCCCOCC(O)CN. The van der Waals surface area contributed by atoms with Gasteiger partial charge in [0.05, 0.1) is 12.7 Å². The Bertz CT molecular complexity index is 224. The highest BCUT2D eigenvalue weighted by Gasteiger charge is 1.99. The molecule has 3 nitrogen and oxygen atoms in total. The van der Waals surface area contributed by atoms with Gasteiger partial charge < -0.3 is 15.6 Å². The number of aliphatic hydroxyl groups is 1. The van der Waals surface area contributed by atoms with Gasteiger partial charge in [-0.3, -0.25) is 0 Å². The van der Waals surface area contributed by atoms with Gasteiger partial charge >= 0.3 is 0 Å². The summed E-state index contributed by atoms with van der Waals surface area (Å²) in [5, 5.41) is 9.24. The highest BCUT2D eigenvalue weighted by molar-refractivity contribution is 4.53. The number of hydrogen-bond donors (Lipinski definition) is 2. The first-order valence-corrected chi connectivity index (χ1v) is 10.8. The molecule has 0 aromatic carbocycles. The second-order valence-corrected chi connectivity index (χ2v) is 7.27. The Morgan fingerprint density at radius 2 is 1.04 bits per heavy atom. The molecule has 1 atom stereocenters. The lowest BCUT2D eigenvalue weighted by Gasteiger charge is -2.08. The van der Waals surface area contributed by atoms with Crippen molar-refractivity contribution < 1.29 is 9.84 Å². The highest BCUT2D eigenvalue weighted by atomic mass is 16.5. The van der Waals surface area contributed by atoms with Crippen LogP contribution >= 0.6 is 0 Å². The number of hydrogen-bond acceptors (Lipinski definition) is 3. The molecule has 0 fully saturated rings. The summed E-state index contributed by atoms with van der Waals surface area (Å²) in [4.78, 5) is 0. The molecule has 0 amide bonds. The summed E-state index contributed by atoms with van der Waals surface area (Å²) in [6, 6.07) is 0. The first-order chi connectivity index (χ1) is 11.8. The molecule has 0 saturated heterocycles. The number of unbranched alkanes of at least 4 members (excludes halogenated alkanes) is 15. The van der Waals surface area contributed by atoms with E-state index in [1.807, 2.05) is 0 Å². The van der Waals surface area contributed by atoms with Crippen LogP contribution in [0.1, 0.15) is 110 Å². The van der Waals surface area contributed by atoms with Crippen LogP contribution in [0.3, 0.4) is 0 Å². The van der Waals surface area contributed by atoms with Crippen molar-refractivity contribution in [1.82, 2.24) is 0 Å². The van der Waals surface area contributed by atoms with E-state index in [1.54, 1.807) is 0 Å². The molecular formula is C21H45NO2. The molecule has 0 saturated carbocycles. The van der Waals surface area contributed by atoms with Gasteiger partial charge in [-0.15, -0.1) is 0 Å². The summed E-state index contributed by atoms with van der Waals surface area (Å²) in [5.74, 6) is 0. The third-order valence-electron chi connectivity index (χ3n) is 4.72. The zero-order valence-electron chi connectivity index (χ0n) is 16.4. The smallest absolute Gasteiger partial charge is 0.0895 e. The van der Waals surface area contributed by atoms with Crippen molar-refractivity contribution >= 4 is 0 Å². The molecule has 0 spiro atoms. The van der Waals surface area contributed by atoms with E-state index < -0.39 is 6.10 Å². The van der Waals surface area contributed by atoms with Crippen molar-refractivity contribution in [3.63, 3.8) is 0 Å². The van der Waals surface area contributed by atoms with Gasteiger partial charge in [-0.2, -0.15) is 0 Å². The summed E-state index contributed by atoms with van der Waals surface area (Å²) in [5.41, 5.74) is 5.32. The van der Waals surface area contributed by atoms with Gasteiger partial charge in [-0.05, 0) is 6.42 Å². The molecule has 0 aliphatic rings. The van der Waals surface area contributed by atoms with Crippen LogP contribution in [0.15, 0.2) is 0 Å². The minimum atomic E-state index is -0.494. The first-order valence-electron chi connectivity index (χ1n) is 10.8. The van der Waals surface area contributed by atoms with Crippen molar-refractivity contribution in [2.45, 2.75) is 116 Å². The zero-order valence-corrected chi connectivity index (χ0v) is 16.4. The second-order valence-electron chi connectivity index (χ2n) is 7.27. The molecule has 0 aliphatic heterocycles. The van der Waals surface area contributed by atoms with E-state index >= 15 is 0 Å². The molecule has 0 aromatic rings. The average Bonchev–Trinajstić information content (AvgIpc) is 2.60. The Hall–Kier alpha value is -0.120. The van der Waals surface area contributed by atoms with Gasteiger partial charge in [0, 0.05) is 13.2 Å². The monoisotopic (exact) mass is 343 g/mol. The Morgan fingerprint density at radius 1 is 0.667 bits per heavy atom. The van der Waals surface area contributed by atoms with Gasteiger partial charge in [-0.25, -0.2) is 0 Å². The van der Waals surface area contributed by atoms with E-state index in [0.717, 1.165) is 13.0 Å². The van der Waals surface area contributed by atoms with Gasteiger partial charge in [-0.1, -0.05) is 103 Å². The van der Waals surface area contributed by atoms with Crippen LogP contribution in [0.4, 0.5) is 0 Å². The molecule has 146 valence electrons. The quantitative estimate of drug-likeness (QED) is 0.284.